The van der Waals surface area contributed by atoms with Crippen LogP contribution in [0.1, 0.15) is 18.9 Å². The van der Waals surface area contributed by atoms with Crippen molar-refractivity contribution < 1.29 is 15.3 Å². The summed E-state index contributed by atoms with van der Waals surface area (Å²) in [6, 6.07) is -0.246. The molecule has 0 bridgehead atoms. The highest BCUT2D eigenvalue weighted by atomic mass is 16.3. The zero-order valence-corrected chi connectivity index (χ0v) is 11.5. The SMILES string of the molecule is Nc1ncnc2c1ncn2[C@@H]1C[C@H](CO)[C@@H](CO)C[C@@H]1O. The van der Waals surface area contributed by atoms with Crippen LogP contribution in [0.5, 0.6) is 0 Å². The molecule has 3 rings (SSSR count). The Labute approximate surface area is 121 Å². The second-order valence-corrected chi connectivity index (χ2v) is 5.57. The summed E-state index contributed by atoms with van der Waals surface area (Å²) in [5, 5.41) is 29.2. The molecule has 0 amide bonds. The molecule has 2 aromatic rings. The standard InChI is InChI=1S/C13H19N5O3/c14-12-11-13(16-5-15-12)18(6-17-11)9-1-7(3-19)8(4-20)2-10(9)21/h5-10,19-21H,1-4H2,(H2,14,15,16)/t7-,8-,9-,10+/m1/s1. The minimum Gasteiger partial charge on any atom is -0.396 e. The van der Waals surface area contributed by atoms with Gasteiger partial charge in [-0.15, -0.1) is 0 Å². The Hall–Kier alpha value is -1.77. The number of nitrogen functional groups attached to an aromatic ring is 1. The minimum atomic E-state index is -0.626. The quantitative estimate of drug-likeness (QED) is 0.590. The van der Waals surface area contributed by atoms with E-state index in [4.69, 9.17) is 5.73 Å². The van der Waals surface area contributed by atoms with Crippen molar-refractivity contribution >= 4 is 17.0 Å². The van der Waals surface area contributed by atoms with Gasteiger partial charge in [0.15, 0.2) is 11.5 Å². The maximum atomic E-state index is 10.4. The third kappa shape index (κ3) is 2.35. The van der Waals surface area contributed by atoms with E-state index in [1.165, 1.54) is 6.33 Å². The molecule has 8 heteroatoms. The highest BCUT2D eigenvalue weighted by Gasteiger charge is 2.37. The highest BCUT2D eigenvalue weighted by Crippen LogP contribution is 2.37. The Morgan fingerprint density at radius 1 is 1.14 bits per heavy atom. The van der Waals surface area contributed by atoms with Crippen molar-refractivity contribution in [1.29, 1.82) is 0 Å². The number of rotatable bonds is 3. The predicted octanol–water partition coefficient (Wildman–Crippen LogP) is -0.679. The van der Waals surface area contributed by atoms with Crippen LogP contribution in [0.15, 0.2) is 12.7 Å². The Morgan fingerprint density at radius 3 is 2.57 bits per heavy atom. The fourth-order valence-electron chi connectivity index (χ4n) is 3.18. The highest BCUT2D eigenvalue weighted by molar-refractivity contribution is 5.81. The normalized spacial score (nSPS) is 29.9. The molecule has 1 saturated carbocycles. The van der Waals surface area contributed by atoms with Crippen molar-refractivity contribution in [2.24, 2.45) is 11.8 Å². The summed E-state index contributed by atoms with van der Waals surface area (Å²) in [4.78, 5) is 12.3. The van der Waals surface area contributed by atoms with Crippen LogP contribution in [0.3, 0.4) is 0 Å². The maximum absolute atomic E-state index is 10.4. The van der Waals surface area contributed by atoms with Crippen LogP contribution < -0.4 is 5.73 Å². The van der Waals surface area contributed by atoms with Gasteiger partial charge in [0, 0.05) is 13.2 Å². The van der Waals surface area contributed by atoms with Crippen molar-refractivity contribution in [3.8, 4) is 0 Å². The lowest BCUT2D eigenvalue weighted by Crippen LogP contribution is -2.39. The van der Waals surface area contributed by atoms with Gasteiger partial charge in [0.2, 0.25) is 0 Å². The minimum absolute atomic E-state index is 0.0157. The molecular weight excluding hydrogens is 274 g/mol. The van der Waals surface area contributed by atoms with Crippen molar-refractivity contribution in [1.82, 2.24) is 19.5 Å². The third-order valence-electron chi connectivity index (χ3n) is 4.41. The number of aromatic nitrogens is 4. The van der Waals surface area contributed by atoms with E-state index in [0.717, 1.165) is 0 Å². The monoisotopic (exact) mass is 293 g/mol. The van der Waals surface area contributed by atoms with Gasteiger partial charge < -0.3 is 25.6 Å². The molecule has 0 unspecified atom stereocenters. The first-order valence-corrected chi connectivity index (χ1v) is 6.98. The van der Waals surface area contributed by atoms with Crippen molar-refractivity contribution in [3.63, 3.8) is 0 Å². The van der Waals surface area contributed by atoms with Gasteiger partial charge in [-0.3, -0.25) is 0 Å². The second-order valence-electron chi connectivity index (χ2n) is 5.57. The number of hydrogen-bond acceptors (Lipinski definition) is 7. The van der Waals surface area contributed by atoms with Gasteiger partial charge in [0.25, 0.3) is 0 Å². The summed E-state index contributed by atoms with van der Waals surface area (Å²) in [5.41, 5.74) is 6.85. The van der Waals surface area contributed by atoms with E-state index in [9.17, 15) is 15.3 Å². The average Bonchev–Trinajstić information content (AvgIpc) is 2.92. The Morgan fingerprint density at radius 2 is 1.86 bits per heavy atom. The molecule has 1 aliphatic rings. The number of nitrogens with zero attached hydrogens (tertiary/aromatic N) is 4. The van der Waals surface area contributed by atoms with Gasteiger partial charge in [-0.25, -0.2) is 15.0 Å². The largest absolute Gasteiger partial charge is 0.396 e. The summed E-state index contributed by atoms with van der Waals surface area (Å²) >= 11 is 0. The summed E-state index contributed by atoms with van der Waals surface area (Å²) in [5.74, 6) is 0.159. The predicted molar refractivity (Wildman–Crippen MR) is 75.2 cm³/mol. The number of fused-ring (bicyclic) bond motifs is 1. The molecule has 0 radical (unpaired) electrons. The zero-order valence-electron chi connectivity index (χ0n) is 11.5. The van der Waals surface area contributed by atoms with Crippen LogP contribution in [0, 0.1) is 11.8 Å². The van der Waals surface area contributed by atoms with E-state index in [-0.39, 0.29) is 31.1 Å². The van der Waals surface area contributed by atoms with E-state index in [0.29, 0.717) is 29.8 Å². The fourth-order valence-corrected chi connectivity index (χ4v) is 3.18. The Kier molecular flexibility index (Phi) is 3.75. The van der Waals surface area contributed by atoms with Crippen molar-refractivity contribution in [2.45, 2.75) is 25.0 Å². The smallest absolute Gasteiger partial charge is 0.165 e. The maximum Gasteiger partial charge on any atom is 0.165 e. The van der Waals surface area contributed by atoms with Gasteiger partial charge in [-0.05, 0) is 24.7 Å². The molecule has 2 aromatic heterocycles. The van der Waals surface area contributed by atoms with Crippen LogP contribution in [0.25, 0.3) is 11.2 Å². The number of nitrogens with two attached hydrogens (primary N) is 1. The third-order valence-corrected chi connectivity index (χ3v) is 4.41. The van der Waals surface area contributed by atoms with Crippen LogP contribution in [0.2, 0.25) is 0 Å². The summed E-state index contributed by atoms with van der Waals surface area (Å²) in [6.45, 7) is -0.0486. The average molecular weight is 293 g/mol. The summed E-state index contributed by atoms with van der Waals surface area (Å²) in [7, 11) is 0. The molecule has 21 heavy (non-hydrogen) atoms. The molecule has 0 aliphatic heterocycles. The molecule has 0 saturated heterocycles. The second kappa shape index (κ2) is 5.55. The first-order valence-electron chi connectivity index (χ1n) is 6.98. The van der Waals surface area contributed by atoms with Gasteiger partial charge >= 0.3 is 0 Å². The molecule has 1 aliphatic carbocycles. The zero-order chi connectivity index (χ0) is 15.0. The number of anilines is 1. The van der Waals surface area contributed by atoms with Gasteiger partial charge in [0.05, 0.1) is 18.5 Å². The molecule has 2 heterocycles. The molecule has 114 valence electrons. The molecule has 4 atom stereocenters. The number of hydrogen-bond donors (Lipinski definition) is 4. The summed E-state index contributed by atoms with van der Waals surface area (Å²) in [6.07, 6.45) is 3.33. The van der Waals surface area contributed by atoms with Gasteiger partial charge in [-0.1, -0.05) is 0 Å². The Bertz CT molecular complexity index is 631. The van der Waals surface area contributed by atoms with Crippen LogP contribution in [-0.4, -0.2) is 54.2 Å². The fraction of sp³-hybridized carbons (Fsp3) is 0.615. The topological polar surface area (TPSA) is 130 Å². The molecule has 1 fully saturated rings. The lowest BCUT2D eigenvalue weighted by molar-refractivity contribution is -0.0139. The van der Waals surface area contributed by atoms with E-state index in [1.807, 2.05) is 0 Å². The first kappa shape index (κ1) is 14.2. The Balaban J connectivity index is 1.96. The molecule has 8 nitrogen and oxygen atoms in total. The number of imidazole rings is 1. The van der Waals surface area contributed by atoms with Crippen LogP contribution in [0.4, 0.5) is 5.82 Å². The molecular formula is C13H19N5O3. The number of aliphatic hydroxyl groups is 3. The molecule has 5 N–H and O–H groups in total. The van der Waals surface area contributed by atoms with Crippen LogP contribution in [-0.2, 0) is 0 Å². The van der Waals surface area contributed by atoms with Gasteiger partial charge in [0.1, 0.15) is 11.8 Å². The van der Waals surface area contributed by atoms with E-state index >= 15 is 0 Å². The van der Waals surface area contributed by atoms with Crippen molar-refractivity contribution in [3.05, 3.63) is 12.7 Å². The van der Waals surface area contributed by atoms with E-state index in [1.54, 1.807) is 10.9 Å². The first-order chi connectivity index (χ1) is 10.2. The lowest BCUT2D eigenvalue weighted by Gasteiger charge is -2.38. The van der Waals surface area contributed by atoms with Crippen LogP contribution >= 0.6 is 0 Å². The molecule has 0 aromatic carbocycles. The number of aliphatic hydroxyl groups excluding tert-OH is 3. The van der Waals surface area contributed by atoms with Gasteiger partial charge in [-0.2, -0.15) is 0 Å². The summed E-state index contributed by atoms with van der Waals surface area (Å²) < 4.78 is 1.79. The van der Waals surface area contributed by atoms with Crippen molar-refractivity contribution in [2.75, 3.05) is 18.9 Å². The molecule has 0 spiro atoms. The lowest BCUT2D eigenvalue weighted by atomic mass is 9.76. The van der Waals surface area contributed by atoms with E-state index in [2.05, 4.69) is 15.0 Å². The van der Waals surface area contributed by atoms with E-state index < -0.39 is 6.10 Å².